The molecule has 3 unspecified atom stereocenters. The average molecular weight is 303 g/mol. The lowest BCUT2D eigenvalue weighted by atomic mass is 9.90. The molecular weight excluding hydrogens is 278 g/mol. The molecule has 1 amide bonds. The Labute approximate surface area is 132 Å². The van der Waals surface area contributed by atoms with Crippen LogP contribution < -0.4 is 0 Å². The predicted molar refractivity (Wildman–Crippen MR) is 85.6 cm³/mol. The third kappa shape index (κ3) is 3.87. The van der Waals surface area contributed by atoms with Gasteiger partial charge in [-0.3, -0.25) is 4.79 Å². The molecule has 1 N–H and O–H groups in total. The fraction of sp³-hybridized carbons (Fsp3) is 0.556. The maximum absolute atomic E-state index is 12.7. The molecule has 0 aliphatic carbocycles. The van der Waals surface area contributed by atoms with Crippen molar-refractivity contribution in [3.05, 3.63) is 35.4 Å². The van der Waals surface area contributed by atoms with Gasteiger partial charge < -0.3 is 10.0 Å². The fourth-order valence-corrected chi connectivity index (χ4v) is 3.09. The number of carbonyl (C=O) groups excluding carboxylic acids is 1. The molecule has 1 aliphatic rings. The van der Waals surface area contributed by atoms with Crippen LogP contribution >= 0.6 is 0 Å². The van der Waals surface area contributed by atoms with Gasteiger partial charge in [0.25, 0.3) is 0 Å². The molecule has 4 heteroatoms. The van der Waals surface area contributed by atoms with Gasteiger partial charge in [0.2, 0.25) is 5.91 Å². The first-order chi connectivity index (χ1) is 10.4. The lowest BCUT2D eigenvalue weighted by molar-refractivity contribution is -0.154. The van der Waals surface area contributed by atoms with Gasteiger partial charge in [0.15, 0.2) is 0 Å². The molecule has 22 heavy (non-hydrogen) atoms. The summed E-state index contributed by atoms with van der Waals surface area (Å²) in [6.45, 7) is 6.52. The molecule has 1 aliphatic heterocycles. The zero-order valence-corrected chi connectivity index (χ0v) is 13.6. The number of carboxylic acid groups (broad SMARTS) is 1. The molecule has 1 aromatic carbocycles. The maximum Gasteiger partial charge on any atom is 0.326 e. The van der Waals surface area contributed by atoms with Crippen LogP contribution in [0.1, 0.15) is 37.8 Å². The molecule has 1 fully saturated rings. The molecule has 0 bridgehead atoms. The Balaban J connectivity index is 2.05. The maximum atomic E-state index is 12.7. The number of benzene rings is 1. The van der Waals surface area contributed by atoms with E-state index in [4.69, 9.17) is 0 Å². The quantitative estimate of drug-likeness (QED) is 0.930. The van der Waals surface area contributed by atoms with Gasteiger partial charge in [0.1, 0.15) is 6.04 Å². The highest BCUT2D eigenvalue weighted by Gasteiger charge is 2.36. The van der Waals surface area contributed by atoms with Crippen molar-refractivity contribution >= 4 is 11.9 Å². The normalized spacial score (nSPS) is 23.1. The lowest BCUT2D eigenvalue weighted by Gasteiger charge is -2.37. The average Bonchev–Trinajstić information content (AvgIpc) is 2.48. The van der Waals surface area contributed by atoms with Crippen LogP contribution in [0.2, 0.25) is 0 Å². The van der Waals surface area contributed by atoms with Gasteiger partial charge in [-0.25, -0.2) is 4.79 Å². The van der Waals surface area contributed by atoms with Gasteiger partial charge in [-0.05, 0) is 37.7 Å². The second kappa shape index (κ2) is 6.95. The van der Waals surface area contributed by atoms with Crippen molar-refractivity contribution in [1.82, 2.24) is 4.90 Å². The van der Waals surface area contributed by atoms with E-state index in [-0.39, 0.29) is 11.8 Å². The van der Waals surface area contributed by atoms with Gasteiger partial charge in [-0.1, -0.05) is 43.7 Å². The van der Waals surface area contributed by atoms with E-state index in [1.54, 1.807) is 4.90 Å². The summed E-state index contributed by atoms with van der Waals surface area (Å²) in [5.41, 5.74) is 2.31. The van der Waals surface area contributed by atoms with Crippen molar-refractivity contribution in [3.8, 4) is 0 Å². The van der Waals surface area contributed by atoms with Gasteiger partial charge >= 0.3 is 5.97 Å². The smallest absolute Gasteiger partial charge is 0.326 e. The minimum atomic E-state index is -0.887. The molecule has 120 valence electrons. The largest absolute Gasteiger partial charge is 0.480 e. The first kappa shape index (κ1) is 16.5. The summed E-state index contributed by atoms with van der Waals surface area (Å²) < 4.78 is 0. The number of nitrogens with zero attached hydrogens (tertiary/aromatic N) is 1. The summed E-state index contributed by atoms with van der Waals surface area (Å²) in [6, 6.07) is 7.47. The van der Waals surface area contributed by atoms with Crippen LogP contribution in [0.15, 0.2) is 24.3 Å². The number of carboxylic acids is 1. The standard InChI is InChI=1S/C18H25NO3/c1-12-4-6-15(7-5-12)11-14(3)17(20)19-9-8-13(2)10-16(19)18(21)22/h4-7,13-14,16H,8-11H2,1-3H3,(H,21,22). The SMILES string of the molecule is Cc1ccc(CC(C)C(=O)N2CCC(C)CC2C(=O)O)cc1. The number of piperidine rings is 1. The van der Waals surface area contributed by atoms with E-state index in [9.17, 15) is 14.7 Å². The summed E-state index contributed by atoms with van der Waals surface area (Å²) in [7, 11) is 0. The number of rotatable bonds is 4. The predicted octanol–water partition coefficient (Wildman–Crippen LogP) is 2.89. The van der Waals surface area contributed by atoms with Crippen LogP contribution in [0.4, 0.5) is 0 Å². The van der Waals surface area contributed by atoms with Crippen molar-refractivity contribution in [2.75, 3.05) is 6.54 Å². The Morgan fingerprint density at radius 2 is 1.95 bits per heavy atom. The van der Waals surface area contributed by atoms with Crippen LogP contribution in [0.25, 0.3) is 0 Å². The Bertz CT molecular complexity index is 538. The van der Waals surface area contributed by atoms with Crippen molar-refractivity contribution in [2.45, 2.75) is 46.1 Å². The first-order valence-electron chi connectivity index (χ1n) is 7.97. The Kier molecular flexibility index (Phi) is 5.22. The number of carbonyl (C=O) groups is 2. The molecule has 1 saturated heterocycles. The van der Waals surface area contributed by atoms with Gasteiger partial charge in [-0.15, -0.1) is 0 Å². The molecular formula is C18H25NO3. The molecule has 1 heterocycles. The van der Waals surface area contributed by atoms with Crippen LogP contribution in [0, 0.1) is 18.8 Å². The zero-order valence-electron chi connectivity index (χ0n) is 13.6. The zero-order chi connectivity index (χ0) is 16.3. The molecule has 0 radical (unpaired) electrons. The number of aliphatic carboxylic acids is 1. The van der Waals surface area contributed by atoms with Gasteiger partial charge in [-0.2, -0.15) is 0 Å². The van der Waals surface area contributed by atoms with E-state index in [1.807, 2.05) is 45.0 Å². The number of amides is 1. The second-order valence-corrected chi connectivity index (χ2v) is 6.61. The van der Waals surface area contributed by atoms with Crippen molar-refractivity contribution in [1.29, 1.82) is 0 Å². The highest BCUT2D eigenvalue weighted by Crippen LogP contribution is 2.25. The third-order valence-corrected chi connectivity index (χ3v) is 4.52. The van der Waals surface area contributed by atoms with Crippen LogP contribution in [-0.4, -0.2) is 34.5 Å². The van der Waals surface area contributed by atoms with Gasteiger partial charge in [0, 0.05) is 12.5 Å². The summed E-state index contributed by atoms with van der Waals surface area (Å²) in [4.78, 5) is 25.7. The van der Waals surface area contributed by atoms with E-state index in [2.05, 4.69) is 0 Å². The van der Waals surface area contributed by atoms with E-state index in [0.29, 0.717) is 25.3 Å². The van der Waals surface area contributed by atoms with E-state index >= 15 is 0 Å². The van der Waals surface area contributed by atoms with E-state index in [1.165, 1.54) is 5.56 Å². The molecule has 0 saturated carbocycles. The summed E-state index contributed by atoms with van der Waals surface area (Å²) in [5.74, 6) is -0.766. The number of hydrogen-bond donors (Lipinski definition) is 1. The number of hydrogen-bond acceptors (Lipinski definition) is 2. The fourth-order valence-electron chi connectivity index (χ4n) is 3.09. The van der Waals surface area contributed by atoms with Gasteiger partial charge in [0.05, 0.1) is 0 Å². The Hall–Kier alpha value is -1.84. The van der Waals surface area contributed by atoms with Crippen molar-refractivity contribution in [2.24, 2.45) is 11.8 Å². The molecule has 0 spiro atoms. The Morgan fingerprint density at radius 3 is 2.55 bits per heavy atom. The molecule has 2 rings (SSSR count). The summed E-state index contributed by atoms with van der Waals surface area (Å²) >= 11 is 0. The summed E-state index contributed by atoms with van der Waals surface area (Å²) in [5, 5.41) is 9.38. The van der Waals surface area contributed by atoms with Crippen LogP contribution in [0.3, 0.4) is 0 Å². The van der Waals surface area contributed by atoms with Crippen LogP contribution in [-0.2, 0) is 16.0 Å². The van der Waals surface area contributed by atoms with Crippen LogP contribution in [0.5, 0.6) is 0 Å². The van der Waals surface area contributed by atoms with Crippen molar-refractivity contribution < 1.29 is 14.7 Å². The highest BCUT2D eigenvalue weighted by molar-refractivity contribution is 5.85. The first-order valence-corrected chi connectivity index (χ1v) is 7.97. The van der Waals surface area contributed by atoms with E-state index < -0.39 is 12.0 Å². The Morgan fingerprint density at radius 1 is 1.32 bits per heavy atom. The topological polar surface area (TPSA) is 57.6 Å². The van der Waals surface area contributed by atoms with E-state index in [0.717, 1.165) is 12.0 Å². The lowest BCUT2D eigenvalue weighted by Crippen LogP contribution is -2.51. The molecule has 1 aromatic rings. The number of likely N-dealkylation sites (tertiary alicyclic amines) is 1. The minimum Gasteiger partial charge on any atom is -0.480 e. The summed E-state index contributed by atoms with van der Waals surface area (Å²) in [6.07, 6.45) is 2.09. The monoisotopic (exact) mass is 303 g/mol. The van der Waals surface area contributed by atoms with Crippen molar-refractivity contribution in [3.63, 3.8) is 0 Å². The second-order valence-electron chi connectivity index (χ2n) is 6.61. The molecule has 4 nitrogen and oxygen atoms in total. The molecule has 3 atom stereocenters. The molecule has 0 aromatic heterocycles. The highest BCUT2D eigenvalue weighted by atomic mass is 16.4. The third-order valence-electron chi connectivity index (χ3n) is 4.52. The number of aryl methyl sites for hydroxylation is 1. The minimum absolute atomic E-state index is 0.0418.